The lowest BCUT2D eigenvalue weighted by atomic mass is 10.2. The molecule has 1 atom stereocenters. The minimum absolute atomic E-state index is 0.0861. The van der Waals surface area contributed by atoms with Gasteiger partial charge in [-0.25, -0.2) is 0 Å². The van der Waals surface area contributed by atoms with Gasteiger partial charge in [-0.3, -0.25) is 4.79 Å². The van der Waals surface area contributed by atoms with Gasteiger partial charge in [-0.15, -0.1) is 0 Å². The van der Waals surface area contributed by atoms with Crippen LogP contribution in [0.4, 0.5) is 0 Å². The zero-order chi connectivity index (χ0) is 9.40. The van der Waals surface area contributed by atoms with Crippen molar-refractivity contribution in [1.29, 1.82) is 0 Å². The van der Waals surface area contributed by atoms with Crippen molar-refractivity contribution in [1.82, 2.24) is 0 Å². The summed E-state index contributed by atoms with van der Waals surface area (Å²) in [5, 5.41) is 0. The van der Waals surface area contributed by atoms with E-state index in [9.17, 15) is 4.79 Å². The fourth-order valence-corrected chi connectivity index (χ4v) is 1.43. The summed E-state index contributed by atoms with van der Waals surface area (Å²) in [6, 6.07) is 0. The van der Waals surface area contributed by atoms with Crippen LogP contribution in [0.3, 0.4) is 0 Å². The summed E-state index contributed by atoms with van der Waals surface area (Å²) in [6.07, 6.45) is 3.95. The summed E-state index contributed by atoms with van der Waals surface area (Å²) >= 11 is 2.36. The van der Waals surface area contributed by atoms with Gasteiger partial charge in [-0.05, 0) is 30.6 Å². The van der Waals surface area contributed by atoms with Crippen molar-refractivity contribution < 1.29 is 9.53 Å². The van der Waals surface area contributed by atoms with Gasteiger partial charge >= 0.3 is 5.97 Å². The lowest BCUT2D eigenvalue weighted by molar-refractivity contribution is -0.148. The molecule has 3 heteroatoms. The average molecular weight is 284 g/mol. The molecule has 0 rings (SSSR count). The largest absolute Gasteiger partial charge is 0.463 e. The van der Waals surface area contributed by atoms with E-state index in [0.29, 0.717) is 6.42 Å². The van der Waals surface area contributed by atoms with Crippen LogP contribution in [0.15, 0.2) is 0 Å². The first kappa shape index (κ1) is 12.2. The molecular weight excluding hydrogens is 267 g/mol. The van der Waals surface area contributed by atoms with E-state index in [-0.39, 0.29) is 12.1 Å². The van der Waals surface area contributed by atoms with E-state index in [1.807, 2.05) is 13.8 Å². The second-order valence-corrected chi connectivity index (χ2v) is 3.92. The first-order chi connectivity index (χ1) is 5.70. The lowest BCUT2D eigenvalue weighted by Crippen LogP contribution is -2.13. The van der Waals surface area contributed by atoms with Gasteiger partial charge in [0.1, 0.15) is 0 Å². The maximum atomic E-state index is 10.8. The monoisotopic (exact) mass is 284 g/mol. The van der Waals surface area contributed by atoms with E-state index in [0.717, 1.165) is 12.8 Å². The number of unbranched alkanes of at least 4 members (excludes halogenated alkanes) is 1. The second-order valence-electron chi connectivity index (χ2n) is 2.84. The quantitative estimate of drug-likeness (QED) is 0.324. The Morgan fingerprint density at radius 1 is 1.50 bits per heavy atom. The number of halogens is 1. The van der Waals surface area contributed by atoms with Crippen LogP contribution >= 0.6 is 22.6 Å². The number of carbonyl (C=O) groups is 1. The zero-order valence-electron chi connectivity index (χ0n) is 7.81. The Morgan fingerprint density at radius 2 is 2.17 bits per heavy atom. The summed E-state index contributed by atoms with van der Waals surface area (Å²) in [4.78, 5) is 10.8. The number of carbonyl (C=O) groups excluding carboxylic acids is 1. The molecule has 0 aliphatic carbocycles. The van der Waals surface area contributed by atoms with E-state index in [4.69, 9.17) is 4.74 Å². The Bertz CT molecular complexity index is 126. The van der Waals surface area contributed by atoms with Crippen LogP contribution in [0, 0.1) is 0 Å². The Kier molecular flexibility index (Phi) is 7.96. The molecule has 12 heavy (non-hydrogen) atoms. The lowest BCUT2D eigenvalue weighted by Gasteiger charge is -2.11. The predicted molar refractivity (Wildman–Crippen MR) is 58.6 cm³/mol. The summed E-state index contributed by atoms with van der Waals surface area (Å²) in [5.74, 6) is -0.0861. The fraction of sp³-hybridized carbons (Fsp3) is 0.889. The number of esters is 1. The molecule has 0 heterocycles. The van der Waals surface area contributed by atoms with Gasteiger partial charge in [0.15, 0.2) is 0 Å². The van der Waals surface area contributed by atoms with Gasteiger partial charge in [0.2, 0.25) is 0 Å². The highest BCUT2D eigenvalue weighted by Crippen LogP contribution is 2.06. The van der Waals surface area contributed by atoms with Crippen LogP contribution in [-0.2, 0) is 9.53 Å². The van der Waals surface area contributed by atoms with Crippen LogP contribution in [0.2, 0.25) is 0 Å². The van der Waals surface area contributed by atoms with Crippen LogP contribution in [-0.4, -0.2) is 16.5 Å². The van der Waals surface area contributed by atoms with E-state index >= 15 is 0 Å². The van der Waals surface area contributed by atoms with E-state index in [1.165, 1.54) is 10.8 Å². The van der Waals surface area contributed by atoms with Gasteiger partial charge in [-0.2, -0.15) is 0 Å². The summed E-state index contributed by atoms with van der Waals surface area (Å²) in [6.45, 7) is 3.78. The maximum absolute atomic E-state index is 10.8. The fourth-order valence-electron chi connectivity index (χ4n) is 0.893. The first-order valence-corrected chi connectivity index (χ1v) is 5.98. The SMILES string of the molecule is CCC(=O)OC(C)CCCCI. The Hall–Kier alpha value is 0.200. The Balaban J connectivity index is 3.32. The highest BCUT2D eigenvalue weighted by molar-refractivity contribution is 14.1. The van der Waals surface area contributed by atoms with Crippen LogP contribution in [0.1, 0.15) is 39.5 Å². The van der Waals surface area contributed by atoms with E-state index in [1.54, 1.807) is 0 Å². The molecule has 0 N–H and O–H groups in total. The second kappa shape index (κ2) is 7.83. The molecule has 0 aromatic carbocycles. The molecule has 0 bridgehead atoms. The number of hydrogen-bond donors (Lipinski definition) is 0. The standard InChI is InChI=1S/C9H17IO2/c1-3-9(11)12-8(2)6-4-5-7-10/h8H,3-7H2,1-2H3. The molecule has 0 radical (unpaired) electrons. The molecule has 0 fully saturated rings. The number of rotatable bonds is 6. The van der Waals surface area contributed by atoms with E-state index in [2.05, 4.69) is 22.6 Å². The normalized spacial score (nSPS) is 12.6. The van der Waals surface area contributed by atoms with Crippen molar-refractivity contribution in [3.05, 3.63) is 0 Å². The molecule has 72 valence electrons. The van der Waals surface area contributed by atoms with Gasteiger partial charge < -0.3 is 4.74 Å². The molecule has 1 unspecified atom stereocenters. The maximum Gasteiger partial charge on any atom is 0.305 e. The molecule has 0 spiro atoms. The number of alkyl halides is 1. The van der Waals surface area contributed by atoms with Crippen LogP contribution < -0.4 is 0 Å². The third-order valence-electron chi connectivity index (χ3n) is 1.62. The molecular formula is C9H17IO2. The molecule has 0 amide bonds. The van der Waals surface area contributed by atoms with Gasteiger partial charge in [0, 0.05) is 6.42 Å². The molecule has 0 saturated heterocycles. The van der Waals surface area contributed by atoms with Gasteiger partial charge in [0.05, 0.1) is 6.10 Å². The Labute approximate surface area is 88.2 Å². The average Bonchev–Trinajstić information content (AvgIpc) is 2.05. The third kappa shape index (κ3) is 6.88. The minimum atomic E-state index is -0.0861. The van der Waals surface area contributed by atoms with Crippen molar-refractivity contribution in [3.8, 4) is 0 Å². The minimum Gasteiger partial charge on any atom is -0.463 e. The molecule has 0 aliphatic rings. The number of hydrogen-bond acceptors (Lipinski definition) is 2. The highest BCUT2D eigenvalue weighted by Gasteiger charge is 2.06. The zero-order valence-corrected chi connectivity index (χ0v) is 9.96. The molecule has 0 aliphatic heterocycles. The summed E-state index contributed by atoms with van der Waals surface area (Å²) < 4.78 is 6.29. The smallest absolute Gasteiger partial charge is 0.305 e. The van der Waals surface area contributed by atoms with Gasteiger partial charge in [0.25, 0.3) is 0 Å². The predicted octanol–water partition coefficient (Wildman–Crippen LogP) is 2.93. The van der Waals surface area contributed by atoms with Gasteiger partial charge in [-0.1, -0.05) is 29.5 Å². The molecule has 0 aromatic heterocycles. The van der Waals surface area contributed by atoms with Crippen molar-refractivity contribution in [2.24, 2.45) is 0 Å². The topological polar surface area (TPSA) is 26.3 Å². The summed E-state index contributed by atoms with van der Waals surface area (Å²) in [5.41, 5.74) is 0. The van der Waals surface area contributed by atoms with Crippen molar-refractivity contribution in [3.63, 3.8) is 0 Å². The summed E-state index contributed by atoms with van der Waals surface area (Å²) in [7, 11) is 0. The number of ether oxygens (including phenoxy) is 1. The molecule has 0 aromatic rings. The third-order valence-corrected chi connectivity index (χ3v) is 2.38. The van der Waals surface area contributed by atoms with Crippen molar-refractivity contribution in [2.45, 2.75) is 45.6 Å². The first-order valence-electron chi connectivity index (χ1n) is 4.46. The highest BCUT2D eigenvalue weighted by atomic mass is 127. The molecule has 0 saturated carbocycles. The Morgan fingerprint density at radius 3 is 2.67 bits per heavy atom. The van der Waals surface area contributed by atoms with Crippen molar-refractivity contribution >= 4 is 28.6 Å². The van der Waals surface area contributed by atoms with Crippen LogP contribution in [0.5, 0.6) is 0 Å². The van der Waals surface area contributed by atoms with Crippen molar-refractivity contribution in [2.75, 3.05) is 4.43 Å². The molecule has 2 nitrogen and oxygen atoms in total. The van der Waals surface area contributed by atoms with Crippen LogP contribution in [0.25, 0.3) is 0 Å². The van der Waals surface area contributed by atoms with E-state index < -0.39 is 0 Å².